The highest BCUT2D eigenvalue weighted by Gasteiger charge is 2.14. The van der Waals surface area contributed by atoms with Gasteiger partial charge in [-0.25, -0.2) is 4.39 Å². The van der Waals surface area contributed by atoms with Crippen LogP contribution in [0.15, 0.2) is 28.7 Å². The molecule has 1 aromatic heterocycles. The van der Waals surface area contributed by atoms with Gasteiger partial charge in [0.15, 0.2) is 17.2 Å². The van der Waals surface area contributed by atoms with E-state index >= 15 is 0 Å². The molecular weight excluding hydrogens is 225 g/mol. The monoisotopic (exact) mass is 237 g/mol. The summed E-state index contributed by atoms with van der Waals surface area (Å²) >= 11 is 0. The molecule has 1 aromatic carbocycles. The Morgan fingerprint density at radius 2 is 2.29 bits per heavy atom. The van der Waals surface area contributed by atoms with E-state index in [0.717, 1.165) is 0 Å². The van der Waals surface area contributed by atoms with E-state index in [0.29, 0.717) is 18.5 Å². The molecule has 17 heavy (non-hydrogen) atoms. The number of halogens is 1. The largest absolute Gasteiger partial charge is 0.450 e. The van der Waals surface area contributed by atoms with Crippen molar-refractivity contribution in [3.8, 4) is 0 Å². The van der Waals surface area contributed by atoms with Crippen molar-refractivity contribution in [3.63, 3.8) is 0 Å². The molecule has 0 radical (unpaired) electrons. The predicted molar refractivity (Wildman–Crippen MR) is 60.4 cm³/mol. The van der Waals surface area contributed by atoms with Gasteiger partial charge in [0.05, 0.1) is 6.61 Å². The van der Waals surface area contributed by atoms with Gasteiger partial charge < -0.3 is 14.9 Å². The first-order valence-electron chi connectivity index (χ1n) is 5.21. The third kappa shape index (κ3) is 2.51. The van der Waals surface area contributed by atoms with Crippen molar-refractivity contribution >= 4 is 16.8 Å². The number of carbonyl (C=O) groups is 1. The summed E-state index contributed by atoms with van der Waals surface area (Å²) in [4.78, 5) is 11.6. The van der Waals surface area contributed by atoms with Gasteiger partial charge in [0.25, 0.3) is 0 Å². The lowest BCUT2D eigenvalue weighted by atomic mass is 10.2. The molecule has 0 bridgehead atoms. The fourth-order valence-electron chi connectivity index (χ4n) is 1.48. The molecule has 0 aliphatic heterocycles. The SMILES string of the molecule is NCCOCC(=O)c1cc2cccc(F)c2o1. The number of carbonyl (C=O) groups excluding carboxylic acids is 1. The highest BCUT2D eigenvalue weighted by atomic mass is 19.1. The van der Waals surface area contributed by atoms with Crippen LogP contribution in [0.1, 0.15) is 10.6 Å². The summed E-state index contributed by atoms with van der Waals surface area (Å²) in [5.41, 5.74) is 5.32. The van der Waals surface area contributed by atoms with E-state index in [4.69, 9.17) is 14.9 Å². The van der Waals surface area contributed by atoms with Crippen molar-refractivity contribution in [1.82, 2.24) is 0 Å². The number of benzene rings is 1. The van der Waals surface area contributed by atoms with E-state index in [9.17, 15) is 9.18 Å². The minimum Gasteiger partial charge on any atom is -0.450 e. The molecular formula is C12H12FNO3. The molecule has 0 aliphatic carbocycles. The fourth-order valence-corrected chi connectivity index (χ4v) is 1.48. The Kier molecular flexibility index (Phi) is 3.51. The van der Waals surface area contributed by atoms with Gasteiger partial charge in [0, 0.05) is 11.9 Å². The Bertz CT molecular complexity index is 536. The minimum atomic E-state index is -0.482. The molecule has 2 N–H and O–H groups in total. The maximum atomic E-state index is 13.3. The van der Waals surface area contributed by atoms with Crippen molar-refractivity contribution < 1.29 is 18.3 Å². The zero-order valence-electron chi connectivity index (χ0n) is 9.11. The lowest BCUT2D eigenvalue weighted by Crippen LogP contribution is -2.14. The summed E-state index contributed by atoms with van der Waals surface area (Å²) in [7, 11) is 0. The topological polar surface area (TPSA) is 65.5 Å². The average molecular weight is 237 g/mol. The Balaban J connectivity index is 2.19. The number of rotatable bonds is 5. The highest BCUT2D eigenvalue weighted by molar-refractivity contribution is 5.98. The normalized spacial score (nSPS) is 10.9. The number of hydrogen-bond acceptors (Lipinski definition) is 4. The third-order valence-corrected chi connectivity index (χ3v) is 2.27. The standard InChI is InChI=1S/C12H12FNO3/c13-9-3-1-2-8-6-11(17-12(8)9)10(15)7-16-5-4-14/h1-3,6H,4-5,7,14H2. The molecule has 4 nitrogen and oxygen atoms in total. The first kappa shape index (κ1) is 11.8. The molecule has 0 saturated heterocycles. The number of furan rings is 1. The Labute approximate surface area is 97.1 Å². The third-order valence-electron chi connectivity index (χ3n) is 2.27. The summed E-state index contributed by atoms with van der Waals surface area (Å²) in [6, 6.07) is 6.03. The van der Waals surface area contributed by atoms with Crippen LogP contribution in [-0.4, -0.2) is 25.5 Å². The number of nitrogens with two attached hydrogens (primary N) is 1. The second-order valence-corrected chi connectivity index (χ2v) is 3.53. The van der Waals surface area contributed by atoms with E-state index in [-0.39, 0.29) is 23.7 Å². The molecule has 0 unspecified atom stereocenters. The molecule has 90 valence electrons. The smallest absolute Gasteiger partial charge is 0.223 e. The van der Waals surface area contributed by atoms with Crippen LogP contribution in [0.3, 0.4) is 0 Å². The van der Waals surface area contributed by atoms with Crippen molar-refractivity contribution in [1.29, 1.82) is 0 Å². The lowest BCUT2D eigenvalue weighted by molar-refractivity contribution is 0.0749. The van der Waals surface area contributed by atoms with E-state index in [1.54, 1.807) is 12.1 Å². The van der Waals surface area contributed by atoms with Crippen molar-refractivity contribution in [2.45, 2.75) is 0 Å². The van der Waals surface area contributed by atoms with Gasteiger partial charge in [-0.15, -0.1) is 0 Å². The first-order valence-corrected chi connectivity index (χ1v) is 5.21. The molecule has 0 aliphatic rings. The summed E-state index contributed by atoms with van der Waals surface area (Å²) in [6.07, 6.45) is 0. The van der Waals surface area contributed by atoms with Crippen LogP contribution in [0, 0.1) is 5.82 Å². The second-order valence-electron chi connectivity index (χ2n) is 3.53. The van der Waals surface area contributed by atoms with Crippen LogP contribution in [0.5, 0.6) is 0 Å². The van der Waals surface area contributed by atoms with Crippen LogP contribution in [-0.2, 0) is 4.74 Å². The van der Waals surface area contributed by atoms with Gasteiger partial charge in [-0.1, -0.05) is 12.1 Å². The fraction of sp³-hybridized carbons (Fsp3) is 0.250. The molecule has 2 rings (SSSR count). The number of Topliss-reactive ketones (excluding diaryl/α,β-unsaturated/α-hetero) is 1. The number of ketones is 1. The molecule has 1 heterocycles. The van der Waals surface area contributed by atoms with Gasteiger partial charge in [0.2, 0.25) is 5.78 Å². The first-order chi connectivity index (χ1) is 8.22. The summed E-state index contributed by atoms with van der Waals surface area (Å²) in [5, 5.41) is 0.562. The molecule has 5 heteroatoms. The van der Waals surface area contributed by atoms with E-state index in [1.807, 2.05) is 0 Å². The molecule has 0 amide bonds. The second kappa shape index (κ2) is 5.07. The van der Waals surface area contributed by atoms with Crippen LogP contribution in [0.25, 0.3) is 11.0 Å². The summed E-state index contributed by atoms with van der Waals surface area (Å²) in [6.45, 7) is 0.543. The van der Waals surface area contributed by atoms with Gasteiger partial charge in [-0.05, 0) is 12.1 Å². The van der Waals surface area contributed by atoms with E-state index in [2.05, 4.69) is 0 Å². The molecule has 2 aromatic rings. The number of ether oxygens (including phenoxy) is 1. The molecule has 0 spiro atoms. The Morgan fingerprint density at radius 1 is 1.47 bits per heavy atom. The zero-order chi connectivity index (χ0) is 12.3. The van der Waals surface area contributed by atoms with E-state index in [1.165, 1.54) is 12.1 Å². The van der Waals surface area contributed by atoms with Crippen LogP contribution in [0.2, 0.25) is 0 Å². The van der Waals surface area contributed by atoms with Gasteiger partial charge in [-0.2, -0.15) is 0 Å². The summed E-state index contributed by atoms with van der Waals surface area (Å²) < 4.78 is 23.5. The zero-order valence-corrected chi connectivity index (χ0v) is 9.11. The molecule has 0 atom stereocenters. The number of para-hydroxylation sites is 1. The quantitative estimate of drug-likeness (QED) is 0.635. The predicted octanol–water partition coefficient (Wildman–Crippen LogP) is 1.73. The van der Waals surface area contributed by atoms with Crippen molar-refractivity contribution in [3.05, 3.63) is 35.8 Å². The summed E-state index contributed by atoms with van der Waals surface area (Å²) in [5.74, 6) is -0.708. The van der Waals surface area contributed by atoms with Crippen LogP contribution >= 0.6 is 0 Å². The van der Waals surface area contributed by atoms with Gasteiger partial charge >= 0.3 is 0 Å². The Hall–Kier alpha value is -1.72. The lowest BCUT2D eigenvalue weighted by Gasteiger charge is -1.98. The van der Waals surface area contributed by atoms with Crippen LogP contribution in [0.4, 0.5) is 4.39 Å². The highest BCUT2D eigenvalue weighted by Crippen LogP contribution is 2.22. The van der Waals surface area contributed by atoms with Crippen molar-refractivity contribution in [2.75, 3.05) is 19.8 Å². The van der Waals surface area contributed by atoms with Gasteiger partial charge in [0.1, 0.15) is 6.61 Å². The molecule has 0 fully saturated rings. The maximum absolute atomic E-state index is 13.3. The Morgan fingerprint density at radius 3 is 3.00 bits per heavy atom. The average Bonchev–Trinajstić information content (AvgIpc) is 2.75. The molecule has 0 saturated carbocycles. The minimum absolute atomic E-state index is 0.0923. The number of hydrogen-bond donors (Lipinski definition) is 1. The van der Waals surface area contributed by atoms with Gasteiger partial charge in [-0.3, -0.25) is 4.79 Å². The maximum Gasteiger partial charge on any atom is 0.223 e. The van der Waals surface area contributed by atoms with Crippen LogP contribution < -0.4 is 5.73 Å². The van der Waals surface area contributed by atoms with Crippen molar-refractivity contribution in [2.24, 2.45) is 5.73 Å². The number of fused-ring (bicyclic) bond motifs is 1. The van der Waals surface area contributed by atoms with E-state index < -0.39 is 5.82 Å².